The third-order valence-electron chi connectivity index (χ3n) is 4.26. The van der Waals surface area contributed by atoms with Crippen LogP contribution in [0.15, 0.2) is 24.3 Å². The zero-order chi connectivity index (χ0) is 12.8. The maximum atomic E-state index is 12.6. The van der Waals surface area contributed by atoms with Gasteiger partial charge >= 0.3 is 0 Å². The Bertz CT molecular complexity index is 479. The number of nitrogens with zero attached hydrogens (tertiary/aromatic N) is 1. The van der Waals surface area contributed by atoms with Gasteiger partial charge in [0.25, 0.3) is 0 Å². The summed E-state index contributed by atoms with van der Waals surface area (Å²) in [5.41, 5.74) is 7.93. The number of hydrogen-bond acceptors (Lipinski definition) is 2. The van der Waals surface area contributed by atoms with Gasteiger partial charge in [-0.15, -0.1) is 0 Å². The van der Waals surface area contributed by atoms with Crippen molar-refractivity contribution in [2.75, 3.05) is 11.4 Å². The van der Waals surface area contributed by atoms with E-state index in [4.69, 9.17) is 5.73 Å². The Hall–Kier alpha value is -1.35. The SMILES string of the molecule is CC1Cc2ccccc2N(C(=O)C2(N)CCC2)C1. The van der Waals surface area contributed by atoms with Crippen molar-refractivity contribution in [1.82, 2.24) is 0 Å². The molecule has 96 valence electrons. The highest BCUT2D eigenvalue weighted by Gasteiger charge is 2.44. The van der Waals surface area contributed by atoms with Gasteiger partial charge in [-0.3, -0.25) is 4.79 Å². The van der Waals surface area contributed by atoms with Crippen molar-refractivity contribution >= 4 is 11.6 Å². The van der Waals surface area contributed by atoms with Crippen LogP contribution in [0, 0.1) is 5.92 Å². The fraction of sp³-hybridized carbons (Fsp3) is 0.533. The van der Waals surface area contributed by atoms with Crippen molar-refractivity contribution in [3.05, 3.63) is 29.8 Å². The fourth-order valence-corrected chi connectivity index (χ4v) is 3.03. The number of anilines is 1. The summed E-state index contributed by atoms with van der Waals surface area (Å²) in [7, 11) is 0. The zero-order valence-electron chi connectivity index (χ0n) is 10.9. The van der Waals surface area contributed by atoms with Crippen LogP contribution in [0.25, 0.3) is 0 Å². The third kappa shape index (κ3) is 1.74. The van der Waals surface area contributed by atoms with Crippen molar-refractivity contribution < 1.29 is 4.79 Å². The number of carbonyl (C=O) groups is 1. The van der Waals surface area contributed by atoms with E-state index in [-0.39, 0.29) is 5.91 Å². The largest absolute Gasteiger partial charge is 0.317 e. The molecule has 1 amide bonds. The van der Waals surface area contributed by atoms with Crippen molar-refractivity contribution in [2.24, 2.45) is 11.7 Å². The van der Waals surface area contributed by atoms with Crippen LogP contribution < -0.4 is 10.6 Å². The predicted molar refractivity (Wildman–Crippen MR) is 72.4 cm³/mol. The van der Waals surface area contributed by atoms with Crippen molar-refractivity contribution in [3.63, 3.8) is 0 Å². The monoisotopic (exact) mass is 244 g/mol. The Kier molecular flexibility index (Phi) is 2.67. The van der Waals surface area contributed by atoms with Gasteiger partial charge < -0.3 is 10.6 Å². The van der Waals surface area contributed by atoms with E-state index >= 15 is 0 Å². The van der Waals surface area contributed by atoms with Crippen molar-refractivity contribution in [1.29, 1.82) is 0 Å². The van der Waals surface area contributed by atoms with E-state index in [0.29, 0.717) is 5.92 Å². The molecule has 0 bridgehead atoms. The predicted octanol–water partition coefficient (Wildman–Crippen LogP) is 2.09. The Balaban J connectivity index is 1.95. The summed E-state index contributed by atoms with van der Waals surface area (Å²) in [6.45, 7) is 3.00. The van der Waals surface area contributed by atoms with E-state index in [9.17, 15) is 4.79 Å². The second kappa shape index (κ2) is 4.09. The molecule has 1 unspecified atom stereocenters. The van der Waals surface area contributed by atoms with E-state index in [1.807, 2.05) is 23.1 Å². The third-order valence-corrected chi connectivity index (χ3v) is 4.26. The molecule has 1 aromatic rings. The highest BCUT2D eigenvalue weighted by molar-refractivity contribution is 6.01. The van der Waals surface area contributed by atoms with Gasteiger partial charge in [-0.2, -0.15) is 0 Å². The number of para-hydroxylation sites is 1. The molecule has 0 aromatic heterocycles. The summed E-state index contributed by atoms with van der Waals surface area (Å²) >= 11 is 0. The lowest BCUT2D eigenvalue weighted by molar-refractivity contribution is -0.126. The summed E-state index contributed by atoms with van der Waals surface area (Å²) in [6.07, 6.45) is 3.79. The number of carbonyl (C=O) groups excluding carboxylic acids is 1. The molecule has 2 N–H and O–H groups in total. The van der Waals surface area contributed by atoms with Crippen molar-refractivity contribution in [3.8, 4) is 0 Å². The van der Waals surface area contributed by atoms with Crippen LogP contribution in [0.2, 0.25) is 0 Å². The second-order valence-electron chi connectivity index (χ2n) is 5.86. The molecule has 1 atom stereocenters. The van der Waals surface area contributed by atoms with Crippen molar-refractivity contribution in [2.45, 2.75) is 38.1 Å². The van der Waals surface area contributed by atoms with Gasteiger partial charge in [-0.25, -0.2) is 0 Å². The van der Waals surface area contributed by atoms with Gasteiger partial charge in [0, 0.05) is 12.2 Å². The first-order chi connectivity index (χ1) is 8.60. The van der Waals surface area contributed by atoms with Crippen LogP contribution in [-0.4, -0.2) is 18.0 Å². The molecule has 3 heteroatoms. The molecule has 1 aromatic carbocycles. The average Bonchev–Trinajstić information content (AvgIpc) is 2.34. The molecular formula is C15H20N2O. The molecule has 3 rings (SSSR count). The summed E-state index contributed by atoms with van der Waals surface area (Å²) in [5, 5.41) is 0. The topological polar surface area (TPSA) is 46.3 Å². The van der Waals surface area contributed by atoms with Crippen LogP contribution in [0.4, 0.5) is 5.69 Å². The fourth-order valence-electron chi connectivity index (χ4n) is 3.03. The quantitative estimate of drug-likeness (QED) is 0.822. The average molecular weight is 244 g/mol. The van der Waals surface area contributed by atoms with Gasteiger partial charge in [0.1, 0.15) is 0 Å². The highest BCUT2D eigenvalue weighted by Crippen LogP contribution is 2.36. The number of rotatable bonds is 1. The molecule has 2 aliphatic rings. The van der Waals surface area contributed by atoms with Gasteiger partial charge in [0.2, 0.25) is 5.91 Å². The maximum Gasteiger partial charge on any atom is 0.247 e. The smallest absolute Gasteiger partial charge is 0.247 e. The van der Waals surface area contributed by atoms with Crippen LogP contribution in [-0.2, 0) is 11.2 Å². The minimum Gasteiger partial charge on any atom is -0.317 e. The zero-order valence-corrected chi connectivity index (χ0v) is 10.9. The normalized spacial score (nSPS) is 25.2. The summed E-state index contributed by atoms with van der Waals surface area (Å²) in [5.74, 6) is 0.625. The lowest BCUT2D eigenvalue weighted by atomic mass is 9.76. The maximum absolute atomic E-state index is 12.6. The lowest BCUT2D eigenvalue weighted by Gasteiger charge is -2.43. The van der Waals surface area contributed by atoms with Crippen LogP contribution >= 0.6 is 0 Å². The molecule has 0 radical (unpaired) electrons. The standard InChI is InChI=1S/C15H20N2O/c1-11-9-12-5-2-3-6-13(12)17(10-11)14(18)15(16)7-4-8-15/h2-3,5-6,11H,4,7-10,16H2,1H3. The summed E-state index contributed by atoms with van der Waals surface area (Å²) in [4.78, 5) is 14.5. The number of fused-ring (bicyclic) bond motifs is 1. The minimum absolute atomic E-state index is 0.118. The highest BCUT2D eigenvalue weighted by atomic mass is 16.2. The number of nitrogens with two attached hydrogens (primary N) is 1. The molecular weight excluding hydrogens is 224 g/mol. The van der Waals surface area contributed by atoms with E-state index in [1.54, 1.807) is 0 Å². The molecule has 0 saturated heterocycles. The number of benzene rings is 1. The Labute approximate surface area is 108 Å². The molecule has 0 spiro atoms. The van der Waals surface area contributed by atoms with Gasteiger partial charge in [0.05, 0.1) is 5.54 Å². The molecule has 3 nitrogen and oxygen atoms in total. The molecule has 1 fully saturated rings. The molecule has 1 heterocycles. The first-order valence-electron chi connectivity index (χ1n) is 6.79. The summed E-state index contributed by atoms with van der Waals surface area (Å²) < 4.78 is 0. The van der Waals surface area contributed by atoms with E-state index < -0.39 is 5.54 Å². The molecule has 1 aliphatic carbocycles. The van der Waals surface area contributed by atoms with Crippen LogP contribution in [0.1, 0.15) is 31.7 Å². The Morgan fingerprint density at radius 1 is 1.39 bits per heavy atom. The van der Waals surface area contributed by atoms with E-state index in [1.165, 1.54) is 5.56 Å². The summed E-state index contributed by atoms with van der Waals surface area (Å²) in [6, 6.07) is 8.20. The van der Waals surface area contributed by atoms with Crippen LogP contribution in [0.3, 0.4) is 0 Å². The second-order valence-corrected chi connectivity index (χ2v) is 5.86. The van der Waals surface area contributed by atoms with E-state index in [0.717, 1.165) is 37.9 Å². The molecule has 1 aliphatic heterocycles. The molecule has 18 heavy (non-hydrogen) atoms. The lowest BCUT2D eigenvalue weighted by Crippen LogP contribution is -2.61. The van der Waals surface area contributed by atoms with E-state index in [2.05, 4.69) is 13.0 Å². The van der Waals surface area contributed by atoms with Gasteiger partial charge in [-0.05, 0) is 43.2 Å². The molecule has 1 saturated carbocycles. The van der Waals surface area contributed by atoms with Gasteiger partial charge in [-0.1, -0.05) is 25.1 Å². The minimum atomic E-state index is -0.593. The Morgan fingerprint density at radius 3 is 2.78 bits per heavy atom. The number of hydrogen-bond donors (Lipinski definition) is 1. The number of amides is 1. The first kappa shape index (κ1) is 11.7. The van der Waals surface area contributed by atoms with Gasteiger partial charge in [0.15, 0.2) is 0 Å². The first-order valence-corrected chi connectivity index (χ1v) is 6.79. The van der Waals surface area contributed by atoms with Crippen LogP contribution in [0.5, 0.6) is 0 Å². The Morgan fingerprint density at radius 2 is 2.11 bits per heavy atom.